The van der Waals surface area contributed by atoms with Crippen molar-refractivity contribution >= 4 is 5.78 Å². The largest absolute Gasteiger partial charge is 0.508 e. The summed E-state index contributed by atoms with van der Waals surface area (Å²) in [6, 6.07) is 8.58. The number of Topliss-reactive ketones (excluding diaryl/α,β-unsaturated/α-hetero) is 1. The van der Waals surface area contributed by atoms with E-state index in [0.717, 1.165) is 6.42 Å². The highest BCUT2D eigenvalue weighted by molar-refractivity contribution is 5.99. The molecule has 5 nitrogen and oxygen atoms in total. The average Bonchev–Trinajstić information content (AvgIpc) is 2.46. The minimum atomic E-state index is -0.557. The maximum atomic E-state index is 12.3. The number of nitriles is 1. The number of benzene rings is 1. The maximum Gasteiger partial charge on any atom is 0.205 e. The van der Waals surface area contributed by atoms with Gasteiger partial charge in [0.15, 0.2) is 5.78 Å². The van der Waals surface area contributed by atoms with Crippen LogP contribution in [0, 0.1) is 11.3 Å². The number of phenols is 1. The minimum Gasteiger partial charge on any atom is -0.508 e. The first kappa shape index (κ1) is 13.3. The number of rotatable bonds is 1. The van der Waals surface area contributed by atoms with Crippen molar-refractivity contribution in [2.45, 2.75) is 25.2 Å². The molecule has 1 atom stereocenters. The summed E-state index contributed by atoms with van der Waals surface area (Å²) in [7, 11) is 0. The van der Waals surface area contributed by atoms with E-state index >= 15 is 0 Å². The molecular formula is C16H14N2O3. The van der Waals surface area contributed by atoms with Crippen LogP contribution in [0.2, 0.25) is 0 Å². The molecule has 1 unspecified atom stereocenters. The Balaban J connectivity index is 2.20. The Hall–Kier alpha value is -2.74. The number of aromatic hydroxyl groups is 1. The van der Waals surface area contributed by atoms with Gasteiger partial charge in [-0.05, 0) is 24.1 Å². The number of carbonyl (C=O) groups is 1. The summed E-state index contributed by atoms with van der Waals surface area (Å²) in [6.45, 7) is 0. The van der Waals surface area contributed by atoms with Crippen LogP contribution in [-0.4, -0.2) is 10.9 Å². The van der Waals surface area contributed by atoms with Crippen LogP contribution in [-0.2, 0) is 9.53 Å². The number of hydrogen-bond acceptors (Lipinski definition) is 5. The number of nitrogens with zero attached hydrogens (tertiary/aromatic N) is 1. The molecule has 106 valence electrons. The third-order valence-corrected chi connectivity index (χ3v) is 3.81. The van der Waals surface area contributed by atoms with Gasteiger partial charge in [-0.25, -0.2) is 0 Å². The summed E-state index contributed by atoms with van der Waals surface area (Å²) < 4.78 is 5.48. The number of ether oxygens (including phenoxy) is 1. The van der Waals surface area contributed by atoms with E-state index in [2.05, 4.69) is 0 Å². The molecule has 0 aromatic heterocycles. The summed E-state index contributed by atoms with van der Waals surface area (Å²) in [5, 5.41) is 19.0. The van der Waals surface area contributed by atoms with Crippen molar-refractivity contribution in [2.75, 3.05) is 0 Å². The number of ketones is 1. The lowest BCUT2D eigenvalue weighted by molar-refractivity contribution is -0.116. The van der Waals surface area contributed by atoms with E-state index in [9.17, 15) is 15.2 Å². The number of nitrogens with two attached hydrogens (primary N) is 1. The first-order valence-corrected chi connectivity index (χ1v) is 6.74. The first-order chi connectivity index (χ1) is 10.1. The molecule has 1 aromatic carbocycles. The standard InChI is InChI=1S/C16H14N2O3/c17-8-11-14(9-3-1-4-10(19)7-9)15-12(20)5-2-6-13(15)21-16(11)18/h1,3-4,7,14,19H,2,5-6,18H2. The number of allylic oxidation sites excluding steroid dienone is 3. The summed E-state index contributed by atoms with van der Waals surface area (Å²) in [4.78, 5) is 12.3. The van der Waals surface area contributed by atoms with Crippen molar-refractivity contribution in [3.63, 3.8) is 0 Å². The fraction of sp³-hybridized carbons (Fsp3) is 0.250. The Morgan fingerprint density at radius 3 is 2.90 bits per heavy atom. The molecule has 5 heteroatoms. The fourth-order valence-electron chi connectivity index (χ4n) is 2.89. The summed E-state index contributed by atoms with van der Waals surface area (Å²) in [5.74, 6) is 0.0964. The average molecular weight is 282 g/mol. The van der Waals surface area contributed by atoms with E-state index in [4.69, 9.17) is 10.5 Å². The molecule has 0 saturated heterocycles. The lowest BCUT2D eigenvalue weighted by Crippen LogP contribution is -2.27. The summed E-state index contributed by atoms with van der Waals surface area (Å²) in [6.07, 6.45) is 1.80. The van der Waals surface area contributed by atoms with Gasteiger partial charge in [-0.15, -0.1) is 0 Å². The molecule has 0 spiro atoms. The van der Waals surface area contributed by atoms with E-state index in [1.807, 2.05) is 6.07 Å². The molecule has 1 heterocycles. The zero-order chi connectivity index (χ0) is 15.0. The first-order valence-electron chi connectivity index (χ1n) is 6.74. The van der Waals surface area contributed by atoms with Gasteiger partial charge in [-0.2, -0.15) is 5.26 Å². The normalized spacial score (nSPS) is 21.7. The second kappa shape index (κ2) is 4.98. The van der Waals surface area contributed by atoms with Crippen LogP contribution in [0.25, 0.3) is 0 Å². The molecule has 0 bridgehead atoms. The zero-order valence-electron chi connectivity index (χ0n) is 11.3. The molecule has 2 aliphatic rings. The van der Waals surface area contributed by atoms with Crippen molar-refractivity contribution in [3.8, 4) is 11.8 Å². The second-order valence-corrected chi connectivity index (χ2v) is 5.13. The van der Waals surface area contributed by atoms with E-state index in [1.54, 1.807) is 24.3 Å². The Kier molecular flexibility index (Phi) is 3.15. The topological polar surface area (TPSA) is 96.3 Å². The number of carbonyl (C=O) groups excluding carboxylic acids is 1. The van der Waals surface area contributed by atoms with Crippen LogP contribution in [0.3, 0.4) is 0 Å². The second-order valence-electron chi connectivity index (χ2n) is 5.13. The van der Waals surface area contributed by atoms with Gasteiger partial charge < -0.3 is 15.6 Å². The van der Waals surface area contributed by atoms with Gasteiger partial charge in [0.05, 0.1) is 5.92 Å². The van der Waals surface area contributed by atoms with Crippen molar-refractivity contribution in [1.82, 2.24) is 0 Å². The number of phenolic OH excluding ortho intramolecular Hbond substituents is 1. The maximum absolute atomic E-state index is 12.3. The fourth-order valence-corrected chi connectivity index (χ4v) is 2.89. The SMILES string of the molecule is N#CC1=C(N)OC2=C(C(=O)CCC2)C1c1cccc(O)c1. The monoisotopic (exact) mass is 282 g/mol. The smallest absolute Gasteiger partial charge is 0.205 e. The molecule has 0 radical (unpaired) electrons. The molecule has 3 N–H and O–H groups in total. The van der Waals surface area contributed by atoms with E-state index < -0.39 is 5.92 Å². The molecule has 1 aliphatic heterocycles. The van der Waals surface area contributed by atoms with Crippen LogP contribution in [0.15, 0.2) is 47.1 Å². The Morgan fingerprint density at radius 1 is 1.38 bits per heavy atom. The molecule has 0 fully saturated rings. The van der Waals surface area contributed by atoms with Gasteiger partial charge in [-0.1, -0.05) is 12.1 Å². The van der Waals surface area contributed by atoms with Gasteiger partial charge in [-0.3, -0.25) is 4.79 Å². The molecule has 0 saturated carbocycles. The minimum absolute atomic E-state index is 0.0233. The van der Waals surface area contributed by atoms with Gasteiger partial charge in [0.1, 0.15) is 23.2 Å². The predicted molar refractivity (Wildman–Crippen MR) is 74.6 cm³/mol. The van der Waals surface area contributed by atoms with Gasteiger partial charge in [0, 0.05) is 18.4 Å². The van der Waals surface area contributed by atoms with E-state index in [1.165, 1.54) is 0 Å². The predicted octanol–water partition coefficient (Wildman–Crippen LogP) is 2.21. The van der Waals surface area contributed by atoms with Crippen molar-refractivity contribution in [1.29, 1.82) is 5.26 Å². The lowest BCUT2D eigenvalue weighted by atomic mass is 9.77. The molecule has 21 heavy (non-hydrogen) atoms. The van der Waals surface area contributed by atoms with E-state index in [-0.39, 0.29) is 23.0 Å². The highest BCUT2D eigenvalue weighted by Gasteiger charge is 2.37. The Morgan fingerprint density at radius 2 is 2.19 bits per heavy atom. The zero-order valence-corrected chi connectivity index (χ0v) is 11.3. The van der Waals surface area contributed by atoms with Crippen LogP contribution in [0.5, 0.6) is 5.75 Å². The summed E-state index contributed by atoms with van der Waals surface area (Å²) >= 11 is 0. The third-order valence-electron chi connectivity index (χ3n) is 3.81. The lowest BCUT2D eigenvalue weighted by Gasteiger charge is -2.30. The Labute approximate surface area is 121 Å². The molecule has 1 aliphatic carbocycles. The third kappa shape index (κ3) is 2.15. The van der Waals surface area contributed by atoms with Crippen LogP contribution < -0.4 is 5.73 Å². The van der Waals surface area contributed by atoms with Crippen molar-refractivity contribution in [3.05, 3.63) is 52.6 Å². The van der Waals surface area contributed by atoms with Gasteiger partial charge in [0.2, 0.25) is 5.88 Å². The van der Waals surface area contributed by atoms with E-state index in [0.29, 0.717) is 29.7 Å². The van der Waals surface area contributed by atoms with Gasteiger partial charge in [0.25, 0.3) is 0 Å². The van der Waals surface area contributed by atoms with Gasteiger partial charge >= 0.3 is 0 Å². The molecule has 3 rings (SSSR count). The van der Waals surface area contributed by atoms with Crippen LogP contribution in [0.1, 0.15) is 30.7 Å². The molecule has 0 amide bonds. The van der Waals surface area contributed by atoms with Crippen LogP contribution >= 0.6 is 0 Å². The highest BCUT2D eigenvalue weighted by Crippen LogP contribution is 2.43. The van der Waals surface area contributed by atoms with Crippen LogP contribution in [0.4, 0.5) is 0 Å². The van der Waals surface area contributed by atoms with Crippen molar-refractivity contribution < 1.29 is 14.6 Å². The molecular weight excluding hydrogens is 268 g/mol. The quantitative estimate of drug-likeness (QED) is 0.823. The van der Waals surface area contributed by atoms with Crippen molar-refractivity contribution in [2.24, 2.45) is 5.73 Å². The summed E-state index contributed by atoms with van der Waals surface area (Å²) in [5.41, 5.74) is 7.22. The molecule has 1 aromatic rings. The Bertz CT molecular complexity index is 725. The highest BCUT2D eigenvalue weighted by atomic mass is 16.5. The number of hydrogen-bond donors (Lipinski definition) is 2.